The Labute approximate surface area is 111 Å². The maximum atomic E-state index is 12.3. The van der Waals surface area contributed by atoms with Crippen LogP contribution in [0.2, 0.25) is 0 Å². The van der Waals surface area contributed by atoms with Crippen LogP contribution in [0, 0.1) is 6.92 Å². The first kappa shape index (κ1) is 13.4. The Kier molecular flexibility index (Phi) is 3.44. The fourth-order valence-electron chi connectivity index (χ4n) is 2.25. The largest absolute Gasteiger partial charge is 0.398 e. The highest BCUT2D eigenvalue weighted by Gasteiger charge is 2.38. The number of benzene rings is 1. The molecule has 1 aliphatic heterocycles. The minimum absolute atomic E-state index is 0.111. The Hall–Kier alpha value is -2.08. The predicted octanol–water partition coefficient (Wildman–Crippen LogP) is -0.362. The molecule has 1 heterocycles. The summed E-state index contributed by atoms with van der Waals surface area (Å²) in [6.45, 7) is 1.95. The van der Waals surface area contributed by atoms with Crippen molar-refractivity contribution < 1.29 is 14.7 Å². The van der Waals surface area contributed by atoms with Crippen molar-refractivity contribution in [2.45, 2.75) is 25.5 Å². The van der Waals surface area contributed by atoms with E-state index in [9.17, 15) is 14.7 Å². The van der Waals surface area contributed by atoms with E-state index in [1.165, 1.54) is 4.90 Å². The van der Waals surface area contributed by atoms with Gasteiger partial charge in [-0.1, -0.05) is 6.07 Å². The Morgan fingerprint density at radius 2 is 2.11 bits per heavy atom. The molecule has 0 aromatic heterocycles. The van der Waals surface area contributed by atoms with Crippen LogP contribution in [0.5, 0.6) is 0 Å². The summed E-state index contributed by atoms with van der Waals surface area (Å²) < 4.78 is 0. The summed E-state index contributed by atoms with van der Waals surface area (Å²) in [4.78, 5) is 24.9. The zero-order valence-corrected chi connectivity index (χ0v) is 10.7. The van der Waals surface area contributed by atoms with Gasteiger partial charge in [-0.25, -0.2) is 0 Å². The highest BCUT2D eigenvalue weighted by molar-refractivity contribution is 5.98. The van der Waals surface area contributed by atoms with Crippen molar-refractivity contribution in [2.75, 3.05) is 12.3 Å². The molecule has 6 heteroatoms. The van der Waals surface area contributed by atoms with Crippen LogP contribution >= 0.6 is 0 Å². The lowest BCUT2D eigenvalue weighted by molar-refractivity contribution is -0.121. The molecular formula is C13H17N3O3. The number of hydrogen-bond donors (Lipinski definition) is 3. The third kappa shape index (κ3) is 2.53. The zero-order chi connectivity index (χ0) is 14.2. The average molecular weight is 263 g/mol. The number of nitrogens with two attached hydrogens (primary N) is 2. The van der Waals surface area contributed by atoms with Crippen molar-refractivity contribution in [1.29, 1.82) is 0 Å². The van der Waals surface area contributed by atoms with Crippen LogP contribution in [-0.2, 0) is 4.79 Å². The number of β-amino-alcohol motifs (C(OH)–C–C–N with tert-alkyl or cyclic N) is 1. The van der Waals surface area contributed by atoms with Gasteiger partial charge in [0.15, 0.2) is 0 Å². The average Bonchev–Trinajstić information content (AvgIpc) is 2.74. The van der Waals surface area contributed by atoms with Crippen molar-refractivity contribution in [3.8, 4) is 0 Å². The normalized spacial score (nSPS) is 22.5. The van der Waals surface area contributed by atoms with Crippen LogP contribution in [0.4, 0.5) is 5.69 Å². The molecule has 1 saturated heterocycles. The third-order valence-corrected chi connectivity index (χ3v) is 3.39. The Morgan fingerprint density at radius 3 is 2.68 bits per heavy atom. The standard InChI is InChI=1S/C13H17N3O3/c1-7-2-3-8(4-10(7)14)13(19)16-6-9(17)5-11(16)12(15)18/h2-4,9,11,17H,5-6,14H2,1H3,(H2,15,18). The number of aryl methyl sites for hydroxylation is 1. The van der Waals surface area contributed by atoms with Crippen molar-refractivity contribution in [2.24, 2.45) is 5.73 Å². The van der Waals surface area contributed by atoms with Gasteiger partial charge in [0.2, 0.25) is 5.91 Å². The number of nitrogens with zero attached hydrogens (tertiary/aromatic N) is 1. The number of carbonyl (C=O) groups excluding carboxylic acids is 2. The summed E-state index contributed by atoms with van der Waals surface area (Å²) in [6, 6.07) is 4.20. The van der Waals surface area contributed by atoms with Gasteiger partial charge in [0.25, 0.3) is 5.91 Å². The van der Waals surface area contributed by atoms with E-state index in [0.717, 1.165) is 5.56 Å². The van der Waals surface area contributed by atoms with Crippen LogP contribution in [0.25, 0.3) is 0 Å². The number of nitrogen functional groups attached to an aromatic ring is 1. The van der Waals surface area contributed by atoms with E-state index < -0.39 is 18.1 Å². The molecule has 0 spiro atoms. The number of amides is 2. The van der Waals surface area contributed by atoms with Crippen LogP contribution in [0.15, 0.2) is 18.2 Å². The Bertz CT molecular complexity index is 530. The van der Waals surface area contributed by atoms with Gasteiger partial charge in [-0.2, -0.15) is 0 Å². The summed E-state index contributed by atoms with van der Waals surface area (Å²) in [7, 11) is 0. The summed E-state index contributed by atoms with van der Waals surface area (Å²) >= 11 is 0. The predicted molar refractivity (Wildman–Crippen MR) is 70.2 cm³/mol. The number of carbonyl (C=O) groups is 2. The second kappa shape index (κ2) is 4.89. The lowest BCUT2D eigenvalue weighted by Crippen LogP contribution is -2.43. The number of aliphatic hydroxyl groups excluding tert-OH is 1. The molecule has 6 nitrogen and oxygen atoms in total. The summed E-state index contributed by atoms with van der Waals surface area (Å²) in [5.74, 6) is -0.947. The lowest BCUT2D eigenvalue weighted by atomic mass is 10.1. The quantitative estimate of drug-likeness (QED) is 0.633. The van der Waals surface area contributed by atoms with Gasteiger partial charge in [-0.15, -0.1) is 0 Å². The third-order valence-electron chi connectivity index (χ3n) is 3.39. The molecule has 1 fully saturated rings. The fraction of sp³-hybridized carbons (Fsp3) is 0.385. The molecule has 2 atom stereocenters. The molecule has 0 saturated carbocycles. The van der Waals surface area contributed by atoms with Gasteiger partial charge in [0.05, 0.1) is 6.10 Å². The second-order valence-corrected chi connectivity index (χ2v) is 4.84. The molecule has 1 aliphatic rings. The van der Waals surface area contributed by atoms with Crippen molar-refractivity contribution in [3.05, 3.63) is 29.3 Å². The van der Waals surface area contributed by atoms with Gasteiger partial charge in [0, 0.05) is 24.2 Å². The topological polar surface area (TPSA) is 110 Å². The van der Waals surface area contributed by atoms with Crippen LogP contribution in [0.3, 0.4) is 0 Å². The van der Waals surface area contributed by atoms with E-state index >= 15 is 0 Å². The number of primary amides is 1. The van der Waals surface area contributed by atoms with E-state index in [0.29, 0.717) is 11.3 Å². The molecule has 0 aliphatic carbocycles. The molecular weight excluding hydrogens is 246 g/mol. The van der Waals surface area contributed by atoms with Gasteiger partial charge in [0.1, 0.15) is 6.04 Å². The summed E-state index contributed by atoms with van der Waals surface area (Å²) in [6.07, 6.45) is -0.535. The Balaban J connectivity index is 2.27. The molecule has 0 bridgehead atoms. The first-order chi connectivity index (χ1) is 8.90. The first-order valence-corrected chi connectivity index (χ1v) is 6.04. The minimum Gasteiger partial charge on any atom is -0.398 e. The first-order valence-electron chi connectivity index (χ1n) is 6.04. The van der Waals surface area contributed by atoms with Crippen molar-refractivity contribution >= 4 is 17.5 Å². The van der Waals surface area contributed by atoms with Gasteiger partial charge >= 0.3 is 0 Å². The molecule has 2 amide bonds. The Morgan fingerprint density at radius 1 is 1.42 bits per heavy atom. The highest BCUT2D eigenvalue weighted by Crippen LogP contribution is 2.22. The number of likely N-dealkylation sites (tertiary alicyclic amines) is 1. The van der Waals surface area contributed by atoms with Crippen LogP contribution in [-0.4, -0.2) is 40.5 Å². The number of rotatable bonds is 2. The fourth-order valence-corrected chi connectivity index (χ4v) is 2.25. The van der Waals surface area contributed by atoms with E-state index in [2.05, 4.69) is 0 Å². The molecule has 0 radical (unpaired) electrons. The van der Waals surface area contributed by atoms with E-state index in [1.807, 2.05) is 6.92 Å². The van der Waals surface area contributed by atoms with E-state index in [4.69, 9.17) is 11.5 Å². The molecule has 1 aromatic carbocycles. The highest BCUT2D eigenvalue weighted by atomic mass is 16.3. The summed E-state index contributed by atoms with van der Waals surface area (Å²) in [5.41, 5.74) is 12.8. The monoisotopic (exact) mass is 263 g/mol. The lowest BCUT2D eigenvalue weighted by Gasteiger charge is -2.22. The number of aliphatic hydroxyl groups is 1. The van der Waals surface area contributed by atoms with Crippen molar-refractivity contribution in [1.82, 2.24) is 4.90 Å². The van der Waals surface area contributed by atoms with Gasteiger partial charge in [-0.3, -0.25) is 9.59 Å². The maximum Gasteiger partial charge on any atom is 0.254 e. The van der Waals surface area contributed by atoms with E-state index in [1.54, 1.807) is 18.2 Å². The molecule has 2 rings (SSSR count). The van der Waals surface area contributed by atoms with Crippen LogP contribution < -0.4 is 11.5 Å². The van der Waals surface area contributed by atoms with Gasteiger partial charge < -0.3 is 21.5 Å². The molecule has 5 N–H and O–H groups in total. The molecule has 102 valence electrons. The summed E-state index contributed by atoms with van der Waals surface area (Å²) in [5, 5.41) is 9.59. The SMILES string of the molecule is Cc1ccc(C(=O)N2CC(O)CC2C(N)=O)cc1N. The minimum atomic E-state index is -0.759. The number of hydrogen-bond acceptors (Lipinski definition) is 4. The number of anilines is 1. The van der Waals surface area contributed by atoms with Gasteiger partial charge in [-0.05, 0) is 24.6 Å². The zero-order valence-electron chi connectivity index (χ0n) is 10.7. The molecule has 19 heavy (non-hydrogen) atoms. The van der Waals surface area contributed by atoms with E-state index in [-0.39, 0.29) is 18.9 Å². The van der Waals surface area contributed by atoms with Crippen molar-refractivity contribution in [3.63, 3.8) is 0 Å². The second-order valence-electron chi connectivity index (χ2n) is 4.84. The smallest absolute Gasteiger partial charge is 0.254 e. The molecule has 1 aromatic rings. The maximum absolute atomic E-state index is 12.3. The van der Waals surface area contributed by atoms with Crippen LogP contribution in [0.1, 0.15) is 22.3 Å². The molecule has 2 unspecified atom stereocenters.